The number of piperidine rings is 1. The number of halogens is 1. The van der Waals surface area contributed by atoms with E-state index in [-0.39, 0.29) is 37.6 Å². The molecule has 0 bridgehead atoms. The molecular weight excluding hydrogens is 682 g/mol. The van der Waals surface area contributed by atoms with E-state index >= 15 is 0 Å². The molecule has 10 nitrogen and oxygen atoms in total. The van der Waals surface area contributed by atoms with Crippen LogP contribution < -0.4 is 10.8 Å². The number of hydroxylamine groups is 1. The van der Waals surface area contributed by atoms with Gasteiger partial charge in [-0.15, -0.1) is 0 Å². The number of ether oxygens (including phenoxy) is 2. The lowest BCUT2D eigenvalue weighted by molar-refractivity contribution is -0.253. The molecule has 3 atom stereocenters. The van der Waals surface area contributed by atoms with E-state index in [1.807, 2.05) is 91.0 Å². The van der Waals surface area contributed by atoms with Crippen molar-refractivity contribution in [3.8, 4) is 11.1 Å². The average Bonchev–Trinajstić information content (AvgIpc) is 3.18. The molecule has 4 aromatic rings. The largest absolute Gasteiger partial charge is 0.392 e. The summed E-state index contributed by atoms with van der Waals surface area (Å²) in [5.74, 6) is -0.678. The molecule has 0 spiro atoms. The first-order chi connectivity index (χ1) is 25.2. The Morgan fingerprint density at radius 3 is 2.23 bits per heavy atom. The minimum absolute atomic E-state index is 0.0244. The van der Waals surface area contributed by atoms with Gasteiger partial charge in [-0.1, -0.05) is 84.4 Å². The molecule has 2 heterocycles. The number of hydrogen-bond donors (Lipinski definition) is 5. The fraction of sp³-hybridized carbons (Fsp3) is 0.366. The molecule has 2 aliphatic heterocycles. The Morgan fingerprint density at radius 2 is 1.52 bits per heavy atom. The van der Waals surface area contributed by atoms with Crippen LogP contribution >= 0.6 is 11.6 Å². The Kier molecular flexibility index (Phi) is 12.7. The zero-order valence-electron chi connectivity index (χ0n) is 29.0. The third kappa shape index (κ3) is 9.84. The number of likely N-dealkylation sites (tertiary alicyclic amines) is 1. The summed E-state index contributed by atoms with van der Waals surface area (Å²) in [6, 6.07) is 31.4. The van der Waals surface area contributed by atoms with Crippen molar-refractivity contribution in [1.82, 2.24) is 15.7 Å². The van der Waals surface area contributed by atoms with Gasteiger partial charge in [-0.3, -0.25) is 14.8 Å². The zero-order valence-corrected chi connectivity index (χ0v) is 29.8. The lowest BCUT2D eigenvalue weighted by Crippen LogP contribution is -2.46. The first-order valence-corrected chi connectivity index (χ1v) is 18.2. The van der Waals surface area contributed by atoms with Crippen LogP contribution in [-0.2, 0) is 37.8 Å². The van der Waals surface area contributed by atoms with Crippen molar-refractivity contribution in [1.29, 1.82) is 0 Å². The maximum Gasteiger partial charge on any atom is 0.243 e. The average molecular weight is 728 g/mol. The molecule has 52 heavy (non-hydrogen) atoms. The highest BCUT2D eigenvalue weighted by Crippen LogP contribution is 2.40. The van der Waals surface area contributed by atoms with E-state index in [2.05, 4.69) is 16.3 Å². The molecule has 0 aromatic heterocycles. The number of carbonyl (C=O) groups excluding carboxylic acids is 2. The van der Waals surface area contributed by atoms with Gasteiger partial charge in [-0.05, 0) is 76.9 Å². The van der Waals surface area contributed by atoms with Crippen LogP contribution in [0.2, 0.25) is 5.02 Å². The monoisotopic (exact) mass is 727 g/mol. The minimum Gasteiger partial charge on any atom is -0.392 e. The van der Waals surface area contributed by atoms with Gasteiger partial charge in [0.15, 0.2) is 6.29 Å². The number of aliphatic hydroxyl groups is 2. The van der Waals surface area contributed by atoms with Crippen LogP contribution in [0.5, 0.6) is 0 Å². The highest BCUT2D eigenvalue weighted by Gasteiger charge is 2.37. The predicted octanol–water partition coefficient (Wildman–Crippen LogP) is 6.32. The van der Waals surface area contributed by atoms with E-state index in [1.165, 1.54) is 0 Å². The van der Waals surface area contributed by atoms with Gasteiger partial charge in [-0.25, -0.2) is 5.48 Å². The van der Waals surface area contributed by atoms with Crippen molar-refractivity contribution < 1.29 is 34.5 Å². The summed E-state index contributed by atoms with van der Waals surface area (Å²) in [6.45, 7) is 2.48. The van der Waals surface area contributed by atoms with Crippen LogP contribution in [0.1, 0.15) is 78.7 Å². The van der Waals surface area contributed by atoms with Crippen LogP contribution in [0.15, 0.2) is 97.1 Å². The predicted molar refractivity (Wildman–Crippen MR) is 197 cm³/mol. The van der Waals surface area contributed by atoms with E-state index in [9.17, 15) is 19.8 Å². The summed E-state index contributed by atoms with van der Waals surface area (Å²) in [5.41, 5.74) is 7.23. The highest BCUT2D eigenvalue weighted by molar-refractivity contribution is 6.30. The van der Waals surface area contributed by atoms with E-state index in [4.69, 9.17) is 26.3 Å². The Balaban J connectivity index is 1.14. The SMILES string of the molecule is O=C(CCCC(=O)NCc1cccc(-c2cccc([C@H]3O[C@@H](CN4CCC(O)(c5ccc(Cl)cc5)CC4)C[C@@H](c4ccc(CO)cc4)O3)c2)c1)NO. The summed E-state index contributed by atoms with van der Waals surface area (Å²) >= 11 is 6.09. The van der Waals surface area contributed by atoms with E-state index < -0.39 is 17.8 Å². The molecular formula is C41H46ClN3O7. The van der Waals surface area contributed by atoms with Gasteiger partial charge in [0, 0.05) is 56.0 Å². The first kappa shape index (κ1) is 37.6. The van der Waals surface area contributed by atoms with E-state index in [0.29, 0.717) is 43.8 Å². The van der Waals surface area contributed by atoms with Crippen molar-refractivity contribution >= 4 is 23.4 Å². The number of nitrogens with one attached hydrogen (secondary N) is 2. The molecule has 0 radical (unpaired) electrons. The fourth-order valence-corrected chi connectivity index (χ4v) is 7.08. The molecule has 0 aliphatic carbocycles. The number of rotatable bonds is 13. The summed E-state index contributed by atoms with van der Waals surface area (Å²) in [6.07, 6.45) is 1.53. The topological polar surface area (TPSA) is 141 Å². The lowest BCUT2D eigenvalue weighted by Gasteiger charge is -2.42. The van der Waals surface area contributed by atoms with Gasteiger partial charge in [-0.2, -0.15) is 0 Å². The molecule has 2 fully saturated rings. The molecule has 6 rings (SSSR count). The Labute approximate surface area is 309 Å². The van der Waals surface area contributed by atoms with Crippen molar-refractivity contribution in [3.05, 3.63) is 130 Å². The van der Waals surface area contributed by atoms with E-state index in [1.54, 1.807) is 5.48 Å². The summed E-state index contributed by atoms with van der Waals surface area (Å²) in [5, 5.41) is 33.2. The number of nitrogens with zero attached hydrogens (tertiary/aromatic N) is 1. The second-order valence-electron chi connectivity index (χ2n) is 13.7. The standard InChI is InChI=1S/C41H46ClN3O7/c42-35-16-14-34(15-17-35)41(49)18-20-45(21-19-41)26-36-24-37(30-12-10-28(27-46)11-13-30)52-40(51-36)33-7-2-6-32(23-33)31-5-1-4-29(22-31)25-43-38(47)8-3-9-39(48)44-50/h1-2,4-7,10-17,22-23,36-37,40,46,49-50H,3,8-9,18-21,24-27H2,(H,43,47)(H,44,48)/t36-,37+,40+/m1/s1. The molecule has 11 heteroatoms. The van der Waals surface area contributed by atoms with Gasteiger partial charge < -0.3 is 29.9 Å². The van der Waals surface area contributed by atoms with Crippen molar-refractivity contribution in [2.45, 2.75) is 75.8 Å². The summed E-state index contributed by atoms with van der Waals surface area (Å²) < 4.78 is 13.3. The number of hydrogen-bond acceptors (Lipinski definition) is 8. The Bertz CT molecular complexity index is 1800. The molecule has 274 valence electrons. The third-order valence-electron chi connectivity index (χ3n) is 9.98. The smallest absolute Gasteiger partial charge is 0.243 e. The van der Waals surface area contributed by atoms with Crippen molar-refractivity contribution in [2.75, 3.05) is 19.6 Å². The fourth-order valence-electron chi connectivity index (χ4n) is 6.96. The van der Waals surface area contributed by atoms with Gasteiger partial charge in [0.1, 0.15) is 0 Å². The minimum atomic E-state index is -0.888. The van der Waals surface area contributed by atoms with Crippen LogP contribution in [0, 0.1) is 0 Å². The number of aliphatic hydroxyl groups excluding tert-OH is 1. The summed E-state index contributed by atoms with van der Waals surface area (Å²) in [7, 11) is 0. The molecule has 2 aliphatic rings. The molecule has 0 unspecified atom stereocenters. The van der Waals surface area contributed by atoms with Crippen LogP contribution in [-0.4, -0.2) is 57.9 Å². The molecule has 5 N–H and O–H groups in total. The maximum atomic E-state index is 12.3. The first-order valence-electron chi connectivity index (χ1n) is 17.8. The molecule has 2 amide bonds. The maximum absolute atomic E-state index is 12.3. The van der Waals surface area contributed by atoms with Crippen LogP contribution in [0.25, 0.3) is 11.1 Å². The van der Waals surface area contributed by atoms with Crippen LogP contribution in [0.4, 0.5) is 0 Å². The Hall–Kier alpha value is -4.13. The van der Waals surface area contributed by atoms with Gasteiger partial charge >= 0.3 is 0 Å². The molecule has 2 saturated heterocycles. The summed E-state index contributed by atoms with van der Waals surface area (Å²) in [4.78, 5) is 25.9. The molecule has 0 saturated carbocycles. The lowest BCUT2D eigenvalue weighted by atomic mass is 9.84. The number of carbonyl (C=O) groups is 2. The van der Waals surface area contributed by atoms with Gasteiger partial charge in [0.25, 0.3) is 0 Å². The van der Waals surface area contributed by atoms with Crippen molar-refractivity contribution in [3.63, 3.8) is 0 Å². The van der Waals surface area contributed by atoms with Gasteiger partial charge in [0.05, 0.1) is 24.4 Å². The zero-order chi connectivity index (χ0) is 36.5. The number of benzene rings is 4. The number of amides is 2. The quantitative estimate of drug-likeness (QED) is 0.0797. The third-order valence-corrected chi connectivity index (χ3v) is 10.2. The van der Waals surface area contributed by atoms with E-state index in [0.717, 1.165) is 52.0 Å². The molecule has 4 aromatic carbocycles. The second kappa shape index (κ2) is 17.6. The van der Waals surface area contributed by atoms with Gasteiger partial charge in [0.2, 0.25) is 11.8 Å². The van der Waals surface area contributed by atoms with Crippen LogP contribution in [0.3, 0.4) is 0 Å². The second-order valence-corrected chi connectivity index (χ2v) is 14.1. The van der Waals surface area contributed by atoms with Crippen molar-refractivity contribution in [2.24, 2.45) is 0 Å². The Morgan fingerprint density at radius 1 is 0.827 bits per heavy atom. The normalized spacial score (nSPS) is 20.3. The highest BCUT2D eigenvalue weighted by atomic mass is 35.5.